The van der Waals surface area contributed by atoms with Crippen molar-refractivity contribution in [2.75, 3.05) is 11.9 Å². The minimum absolute atomic E-state index is 0.147. The number of ether oxygens (including phenoxy) is 1. The first-order chi connectivity index (χ1) is 7.32. The Morgan fingerprint density at radius 2 is 1.94 bits per heavy atom. The van der Waals surface area contributed by atoms with E-state index in [0.717, 1.165) is 0 Å². The summed E-state index contributed by atoms with van der Waals surface area (Å²) in [6.45, 7) is 7.48. The van der Waals surface area contributed by atoms with E-state index in [4.69, 9.17) is 4.74 Å². The van der Waals surface area contributed by atoms with E-state index in [1.165, 1.54) is 0 Å². The van der Waals surface area contributed by atoms with Crippen molar-refractivity contribution >= 4 is 27.8 Å². The van der Waals surface area contributed by atoms with Crippen LogP contribution < -0.4 is 5.32 Å². The Balaban J connectivity index is 4.45. The predicted molar refractivity (Wildman–Crippen MR) is 66.4 cm³/mol. The van der Waals surface area contributed by atoms with Crippen LogP contribution in [0.1, 0.15) is 34.1 Å². The van der Waals surface area contributed by atoms with Gasteiger partial charge in [0, 0.05) is 10.7 Å². The molecule has 4 nitrogen and oxygen atoms in total. The Hall–Kier alpha value is -0.580. The van der Waals surface area contributed by atoms with Gasteiger partial charge in [-0.15, -0.1) is 0 Å². The molecule has 1 amide bonds. The molecule has 0 bridgehead atoms. The molecule has 0 fully saturated rings. The monoisotopic (exact) mass is 293 g/mol. The van der Waals surface area contributed by atoms with Crippen molar-refractivity contribution in [2.24, 2.45) is 5.41 Å². The number of rotatable bonds is 5. The molecule has 0 spiro atoms. The topological polar surface area (TPSA) is 55.4 Å². The quantitative estimate of drug-likeness (QED) is 0.622. The largest absolute Gasteiger partial charge is 0.464 e. The van der Waals surface area contributed by atoms with Gasteiger partial charge >= 0.3 is 5.97 Å². The zero-order valence-corrected chi connectivity index (χ0v) is 11.9. The molecule has 0 heterocycles. The SMILES string of the molecule is CCOC(=O)[C@H](CCBr)NC(=O)C(C)(C)C. The van der Waals surface area contributed by atoms with Gasteiger partial charge in [0.1, 0.15) is 6.04 Å². The molecular weight excluding hydrogens is 274 g/mol. The molecule has 0 unspecified atom stereocenters. The summed E-state index contributed by atoms with van der Waals surface area (Å²) in [6.07, 6.45) is 0.528. The van der Waals surface area contributed by atoms with Crippen molar-refractivity contribution in [3.05, 3.63) is 0 Å². The molecule has 0 aliphatic heterocycles. The standard InChI is InChI=1S/C11H20BrNO3/c1-5-16-9(14)8(6-7-12)13-10(15)11(2,3)4/h8H,5-7H2,1-4H3,(H,13,15)/t8-/m0/s1. The molecule has 0 aliphatic carbocycles. The van der Waals surface area contributed by atoms with Crippen LogP contribution in [0.3, 0.4) is 0 Å². The van der Waals surface area contributed by atoms with Gasteiger partial charge in [-0.3, -0.25) is 4.79 Å². The number of carbonyl (C=O) groups excluding carboxylic acids is 2. The van der Waals surface area contributed by atoms with E-state index in [2.05, 4.69) is 21.2 Å². The molecule has 0 aromatic heterocycles. The maximum absolute atomic E-state index is 11.7. The van der Waals surface area contributed by atoms with E-state index in [-0.39, 0.29) is 11.9 Å². The molecule has 16 heavy (non-hydrogen) atoms. The van der Waals surface area contributed by atoms with Crippen molar-refractivity contribution in [2.45, 2.75) is 40.2 Å². The Morgan fingerprint density at radius 3 is 2.31 bits per heavy atom. The third-order valence-electron chi connectivity index (χ3n) is 1.96. The zero-order chi connectivity index (χ0) is 12.8. The summed E-state index contributed by atoms with van der Waals surface area (Å²) >= 11 is 3.25. The summed E-state index contributed by atoms with van der Waals surface area (Å²) in [5.41, 5.74) is -0.503. The van der Waals surface area contributed by atoms with Crippen molar-refractivity contribution < 1.29 is 14.3 Å². The number of alkyl halides is 1. The first-order valence-electron chi connectivity index (χ1n) is 5.36. The number of halogens is 1. The molecule has 0 aliphatic rings. The summed E-state index contributed by atoms with van der Waals surface area (Å²) in [4.78, 5) is 23.3. The second kappa shape index (κ2) is 6.89. The number of amides is 1. The third-order valence-corrected chi connectivity index (χ3v) is 2.41. The fourth-order valence-corrected chi connectivity index (χ4v) is 1.43. The first kappa shape index (κ1) is 15.4. The van der Waals surface area contributed by atoms with Crippen molar-refractivity contribution in [1.82, 2.24) is 5.32 Å². The van der Waals surface area contributed by atoms with Gasteiger partial charge in [-0.1, -0.05) is 36.7 Å². The molecule has 0 radical (unpaired) electrons. The molecule has 1 N–H and O–H groups in total. The molecular formula is C11H20BrNO3. The maximum atomic E-state index is 11.7. The van der Waals surface area contributed by atoms with Crippen LogP contribution in [0.25, 0.3) is 0 Å². The number of esters is 1. The summed E-state index contributed by atoms with van der Waals surface area (Å²) < 4.78 is 4.90. The fraction of sp³-hybridized carbons (Fsp3) is 0.818. The van der Waals surface area contributed by atoms with Gasteiger partial charge in [0.15, 0.2) is 0 Å². The van der Waals surface area contributed by atoms with E-state index in [9.17, 15) is 9.59 Å². The minimum atomic E-state index is -0.564. The smallest absolute Gasteiger partial charge is 0.328 e. The lowest BCUT2D eigenvalue weighted by molar-refractivity contribution is -0.148. The highest BCUT2D eigenvalue weighted by Gasteiger charge is 2.27. The van der Waals surface area contributed by atoms with E-state index < -0.39 is 11.5 Å². The van der Waals surface area contributed by atoms with Gasteiger partial charge in [-0.25, -0.2) is 4.79 Å². The van der Waals surface area contributed by atoms with Crippen molar-refractivity contribution in [3.63, 3.8) is 0 Å². The Labute approximate surface area is 105 Å². The van der Waals surface area contributed by atoms with Crippen LogP contribution in [0.2, 0.25) is 0 Å². The summed E-state index contributed by atoms with van der Waals surface area (Å²) in [5, 5.41) is 3.34. The zero-order valence-electron chi connectivity index (χ0n) is 10.3. The Bertz CT molecular complexity index is 248. The molecule has 94 valence electrons. The van der Waals surface area contributed by atoms with Crippen LogP contribution in [-0.4, -0.2) is 29.9 Å². The fourth-order valence-electron chi connectivity index (χ4n) is 0.976. The molecule has 5 heteroatoms. The maximum Gasteiger partial charge on any atom is 0.328 e. The number of hydrogen-bond donors (Lipinski definition) is 1. The van der Waals surface area contributed by atoms with Gasteiger partial charge in [0.2, 0.25) is 5.91 Å². The molecule has 0 aromatic rings. The van der Waals surface area contributed by atoms with E-state index >= 15 is 0 Å². The highest BCUT2D eigenvalue weighted by molar-refractivity contribution is 9.09. The van der Waals surface area contributed by atoms with E-state index in [1.807, 2.05) is 0 Å². The van der Waals surface area contributed by atoms with Gasteiger partial charge in [0.05, 0.1) is 6.61 Å². The van der Waals surface area contributed by atoms with Crippen LogP contribution in [0.15, 0.2) is 0 Å². The average molecular weight is 294 g/mol. The second-order valence-corrected chi connectivity index (χ2v) is 5.30. The highest BCUT2D eigenvalue weighted by atomic mass is 79.9. The van der Waals surface area contributed by atoms with Crippen LogP contribution in [0.5, 0.6) is 0 Å². The van der Waals surface area contributed by atoms with Crippen LogP contribution in [0.4, 0.5) is 0 Å². The lowest BCUT2D eigenvalue weighted by atomic mass is 9.95. The number of hydrogen-bond acceptors (Lipinski definition) is 3. The van der Waals surface area contributed by atoms with Crippen molar-refractivity contribution in [1.29, 1.82) is 0 Å². The van der Waals surface area contributed by atoms with Gasteiger partial charge in [-0.05, 0) is 13.3 Å². The van der Waals surface area contributed by atoms with Crippen LogP contribution >= 0.6 is 15.9 Å². The van der Waals surface area contributed by atoms with Gasteiger partial charge in [-0.2, -0.15) is 0 Å². The van der Waals surface area contributed by atoms with Crippen LogP contribution in [0, 0.1) is 5.41 Å². The lowest BCUT2D eigenvalue weighted by Gasteiger charge is -2.22. The molecule has 0 saturated heterocycles. The Morgan fingerprint density at radius 1 is 1.38 bits per heavy atom. The molecule has 1 atom stereocenters. The van der Waals surface area contributed by atoms with Gasteiger partial charge < -0.3 is 10.1 Å². The Kier molecular flexibility index (Phi) is 6.64. The highest BCUT2D eigenvalue weighted by Crippen LogP contribution is 2.13. The van der Waals surface area contributed by atoms with E-state index in [0.29, 0.717) is 18.4 Å². The predicted octanol–water partition coefficient (Wildman–Crippen LogP) is 1.87. The van der Waals surface area contributed by atoms with E-state index in [1.54, 1.807) is 27.7 Å². The second-order valence-electron chi connectivity index (χ2n) is 4.51. The summed E-state index contributed by atoms with van der Waals surface area (Å²) in [7, 11) is 0. The summed E-state index contributed by atoms with van der Waals surface area (Å²) in [5.74, 6) is -0.522. The number of nitrogens with one attached hydrogen (secondary N) is 1. The lowest BCUT2D eigenvalue weighted by Crippen LogP contribution is -2.46. The van der Waals surface area contributed by atoms with Crippen molar-refractivity contribution in [3.8, 4) is 0 Å². The molecule has 0 saturated carbocycles. The van der Waals surface area contributed by atoms with Crippen LogP contribution in [-0.2, 0) is 14.3 Å². The third kappa shape index (κ3) is 5.49. The normalized spacial score (nSPS) is 13.1. The minimum Gasteiger partial charge on any atom is -0.464 e. The summed E-state index contributed by atoms with van der Waals surface area (Å²) in [6, 6.07) is -0.564. The first-order valence-corrected chi connectivity index (χ1v) is 6.48. The molecule has 0 aromatic carbocycles. The molecule has 0 rings (SSSR count). The van der Waals surface area contributed by atoms with Gasteiger partial charge in [0.25, 0.3) is 0 Å². The average Bonchev–Trinajstić information content (AvgIpc) is 2.15. The number of carbonyl (C=O) groups is 2.